The molecule has 0 aromatic heterocycles. The molecule has 1 unspecified atom stereocenters. The predicted molar refractivity (Wildman–Crippen MR) is 81.8 cm³/mol. The van der Waals surface area contributed by atoms with Gasteiger partial charge in [0.15, 0.2) is 5.78 Å². The number of carbonyl (C=O) groups is 1. The Morgan fingerprint density at radius 3 is 2.50 bits per heavy atom. The van der Waals surface area contributed by atoms with E-state index >= 15 is 0 Å². The van der Waals surface area contributed by atoms with Crippen LogP contribution in [-0.2, 0) is 10.8 Å². The van der Waals surface area contributed by atoms with Crippen molar-refractivity contribution >= 4 is 16.6 Å². The Kier molecular flexibility index (Phi) is 5.77. The van der Waals surface area contributed by atoms with Crippen LogP contribution in [-0.4, -0.2) is 28.1 Å². The fraction of sp³-hybridized carbons (Fsp3) is 0.562. The highest BCUT2D eigenvalue weighted by Gasteiger charge is 2.19. The maximum absolute atomic E-state index is 12.1. The van der Waals surface area contributed by atoms with E-state index in [1.807, 2.05) is 6.92 Å². The molecule has 0 saturated heterocycles. The molecule has 0 amide bonds. The third-order valence-corrected chi connectivity index (χ3v) is 5.10. The van der Waals surface area contributed by atoms with Gasteiger partial charge in [0.2, 0.25) is 0 Å². The van der Waals surface area contributed by atoms with E-state index in [9.17, 15) is 9.00 Å². The van der Waals surface area contributed by atoms with Crippen LogP contribution in [0.1, 0.15) is 43.0 Å². The molecule has 0 bridgehead atoms. The Morgan fingerprint density at radius 1 is 1.25 bits per heavy atom. The van der Waals surface area contributed by atoms with Crippen molar-refractivity contribution in [3.63, 3.8) is 0 Å². The minimum Gasteiger partial charge on any atom is -0.494 e. The number of ether oxygens (including phenoxy) is 1. The standard InChI is InChI=1S/C16H22O3S/c1-2-19-15-9-7-14(8-10-15)16(17)12-20(18)11-13-5-3-4-6-13/h7-10,13H,2-6,11-12H2,1H3. The smallest absolute Gasteiger partial charge is 0.175 e. The van der Waals surface area contributed by atoms with Crippen molar-refractivity contribution in [1.29, 1.82) is 0 Å². The van der Waals surface area contributed by atoms with E-state index < -0.39 is 10.8 Å². The fourth-order valence-electron chi connectivity index (χ4n) is 2.63. The number of Topliss-reactive ketones (excluding diaryl/α,β-unsaturated/α-hetero) is 1. The molecule has 20 heavy (non-hydrogen) atoms. The highest BCUT2D eigenvalue weighted by Crippen LogP contribution is 2.25. The van der Waals surface area contributed by atoms with Crippen molar-refractivity contribution in [2.45, 2.75) is 32.6 Å². The molecule has 110 valence electrons. The van der Waals surface area contributed by atoms with Crippen LogP contribution in [0.15, 0.2) is 24.3 Å². The third-order valence-electron chi connectivity index (χ3n) is 3.68. The highest BCUT2D eigenvalue weighted by molar-refractivity contribution is 7.85. The van der Waals surface area contributed by atoms with E-state index in [2.05, 4.69) is 0 Å². The molecule has 1 aliphatic carbocycles. The number of carbonyl (C=O) groups excluding carboxylic acids is 1. The molecule has 3 nitrogen and oxygen atoms in total. The van der Waals surface area contributed by atoms with Gasteiger partial charge in [0.1, 0.15) is 5.75 Å². The van der Waals surface area contributed by atoms with Crippen molar-refractivity contribution in [1.82, 2.24) is 0 Å². The lowest BCUT2D eigenvalue weighted by Crippen LogP contribution is -2.17. The molecule has 1 aromatic carbocycles. The van der Waals surface area contributed by atoms with E-state index in [4.69, 9.17) is 4.74 Å². The minimum atomic E-state index is -1.03. The van der Waals surface area contributed by atoms with Gasteiger partial charge in [-0.05, 0) is 49.9 Å². The lowest BCUT2D eigenvalue weighted by Gasteiger charge is -2.08. The summed E-state index contributed by atoms with van der Waals surface area (Å²) in [5.41, 5.74) is 0.619. The van der Waals surface area contributed by atoms with Crippen LogP contribution in [0, 0.1) is 5.92 Å². The molecule has 0 spiro atoms. The van der Waals surface area contributed by atoms with Gasteiger partial charge in [-0.1, -0.05) is 12.8 Å². The van der Waals surface area contributed by atoms with Crippen LogP contribution in [0.25, 0.3) is 0 Å². The zero-order valence-corrected chi connectivity index (χ0v) is 12.8. The van der Waals surface area contributed by atoms with Gasteiger partial charge in [0.05, 0.1) is 12.4 Å². The minimum absolute atomic E-state index is 0.0376. The molecule has 4 heteroatoms. The number of benzene rings is 1. The lowest BCUT2D eigenvalue weighted by atomic mass is 10.1. The monoisotopic (exact) mass is 294 g/mol. The maximum Gasteiger partial charge on any atom is 0.175 e. The Bertz CT molecular complexity index is 461. The van der Waals surface area contributed by atoms with Crippen LogP contribution in [0.5, 0.6) is 5.75 Å². The first-order chi connectivity index (χ1) is 9.69. The van der Waals surface area contributed by atoms with Gasteiger partial charge in [0.25, 0.3) is 0 Å². The molecule has 1 aromatic rings. The van der Waals surface area contributed by atoms with E-state index in [1.54, 1.807) is 24.3 Å². The molecule has 1 saturated carbocycles. The molecule has 0 heterocycles. The summed E-state index contributed by atoms with van der Waals surface area (Å²) in [7, 11) is -1.03. The summed E-state index contributed by atoms with van der Waals surface area (Å²) in [4.78, 5) is 12.1. The molecule has 2 rings (SSSR count). The maximum atomic E-state index is 12.1. The van der Waals surface area contributed by atoms with Crippen LogP contribution < -0.4 is 4.74 Å². The largest absolute Gasteiger partial charge is 0.494 e. The van der Waals surface area contributed by atoms with Crippen molar-refractivity contribution in [2.75, 3.05) is 18.1 Å². The van der Waals surface area contributed by atoms with Gasteiger partial charge >= 0.3 is 0 Å². The van der Waals surface area contributed by atoms with Crippen LogP contribution in [0.4, 0.5) is 0 Å². The van der Waals surface area contributed by atoms with Gasteiger partial charge < -0.3 is 4.74 Å². The number of ketones is 1. The number of hydrogen-bond donors (Lipinski definition) is 0. The molecular formula is C16H22O3S. The second kappa shape index (κ2) is 7.58. The van der Waals surface area contributed by atoms with Crippen LogP contribution >= 0.6 is 0 Å². The Labute approximate surface area is 123 Å². The third kappa shape index (κ3) is 4.44. The second-order valence-corrected chi connectivity index (χ2v) is 6.78. The topological polar surface area (TPSA) is 43.4 Å². The zero-order chi connectivity index (χ0) is 14.4. The van der Waals surface area contributed by atoms with Crippen molar-refractivity contribution < 1.29 is 13.7 Å². The van der Waals surface area contributed by atoms with Crippen molar-refractivity contribution in [2.24, 2.45) is 5.92 Å². The van der Waals surface area contributed by atoms with Crippen molar-refractivity contribution in [3.8, 4) is 5.75 Å². The Balaban J connectivity index is 1.85. The molecule has 0 radical (unpaired) electrons. The molecule has 0 N–H and O–H groups in total. The summed E-state index contributed by atoms with van der Waals surface area (Å²) >= 11 is 0. The van der Waals surface area contributed by atoms with Gasteiger partial charge in [-0.2, -0.15) is 0 Å². The van der Waals surface area contributed by atoms with Crippen molar-refractivity contribution in [3.05, 3.63) is 29.8 Å². The number of rotatable bonds is 7. The highest BCUT2D eigenvalue weighted by atomic mass is 32.2. The number of hydrogen-bond acceptors (Lipinski definition) is 3. The van der Waals surface area contributed by atoms with E-state index in [0.29, 0.717) is 23.8 Å². The first-order valence-corrected chi connectivity index (χ1v) is 8.79. The van der Waals surface area contributed by atoms with Gasteiger partial charge in [-0.15, -0.1) is 0 Å². The Hall–Kier alpha value is -1.16. The first kappa shape index (κ1) is 15.2. The summed E-state index contributed by atoms with van der Waals surface area (Å²) in [5, 5.41) is 0. The van der Waals surface area contributed by atoms with E-state index in [0.717, 1.165) is 5.75 Å². The molecule has 0 aliphatic heterocycles. The van der Waals surface area contributed by atoms with Crippen LogP contribution in [0.2, 0.25) is 0 Å². The summed E-state index contributed by atoms with van der Waals surface area (Å²) in [6.07, 6.45) is 4.83. The fourth-order valence-corrected chi connectivity index (χ4v) is 4.07. The average molecular weight is 294 g/mol. The predicted octanol–water partition coefficient (Wildman–Crippen LogP) is 3.21. The average Bonchev–Trinajstić information content (AvgIpc) is 2.92. The zero-order valence-electron chi connectivity index (χ0n) is 12.0. The lowest BCUT2D eigenvalue weighted by molar-refractivity contribution is 0.102. The van der Waals surface area contributed by atoms with E-state index in [-0.39, 0.29) is 11.5 Å². The van der Waals surface area contributed by atoms with Gasteiger partial charge in [0, 0.05) is 22.1 Å². The first-order valence-electron chi connectivity index (χ1n) is 7.30. The van der Waals surface area contributed by atoms with Gasteiger partial charge in [-0.25, -0.2) is 0 Å². The molecule has 1 atom stereocenters. The summed E-state index contributed by atoms with van der Waals surface area (Å²) in [6, 6.07) is 7.08. The summed E-state index contributed by atoms with van der Waals surface area (Å²) < 4.78 is 17.4. The summed E-state index contributed by atoms with van der Waals surface area (Å²) in [5.74, 6) is 2.11. The van der Waals surface area contributed by atoms with Gasteiger partial charge in [-0.3, -0.25) is 9.00 Å². The molecule has 1 fully saturated rings. The van der Waals surface area contributed by atoms with Crippen LogP contribution in [0.3, 0.4) is 0 Å². The quantitative estimate of drug-likeness (QED) is 0.725. The second-order valence-electron chi connectivity index (χ2n) is 5.28. The SMILES string of the molecule is CCOc1ccc(C(=O)CS(=O)CC2CCCC2)cc1. The molecular weight excluding hydrogens is 272 g/mol. The summed E-state index contributed by atoms with van der Waals surface area (Å²) in [6.45, 7) is 2.53. The Morgan fingerprint density at radius 2 is 1.90 bits per heavy atom. The van der Waals surface area contributed by atoms with E-state index in [1.165, 1.54) is 25.7 Å². The molecule has 1 aliphatic rings. The normalized spacial score (nSPS) is 17.1.